The topological polar surface area (TPSA) is 80.4 Å². The quantitative estimate of drug-likeness (QED) is 0.342. The Kier molecular flexibility index (Phi) is 24.1. The van der Waals surface area contributed by atoms with Crippen molar-refractivity contribution in [2.45, 2.75) is 96.8 Å². The molecule has 0 aliphatic rings. The fourth-order valence-electron chi connectivity index (χ4n) is 1.77. The van der Waals surface area contributed by atoms with Gasteiger partial charge in [0.1, 0.15) is 5.37 Å². The predicted octanol–water partition coefficient (Wildman–Crippen LogP) is 3.85. The van der Waals surface area contributed by atoms with Crippen LogP contribution >= 0.6 is 0 Å². The molecule has 0 fully saturated rings. The van der Waals surface area contributed by atoms with Crippen molar-refractivity contribution in [3.8, 4) is 0 Å². The van der Waals surface area contributed by atoms with E-state index in [0.717, 1.165) is 0 Å². The summed E-state index contributed by atoms with van der Waals surface area (Å²) in [6, 6.07) is 0. The number of rotatable bonds is 11. The first-order valence-corrected chi connectivity index (χ1v) is 9.62. The molecule has 0 aromatic heterocycles. The maximum absolute atomic E-state index is 9.99. The van der Waals surface area contributed by atoms with Gasteiger partial charge < -0.3 is 5.73 Å². The van der Waals surface area contributed by atoms with Crippen LogP contribution in [0.4, 0.5) is 0 Å². The van der Waals surface area contributed by atoms with E-state index in [9.17, 15) is 8.42 Å². The molecule has 0 radical (unpaired) electrons. The molecule has 0 rings (SSSR count). The van der Waals surface area contributed by atoms with E-state index in [1.54, 1.807) is 6.92 Å². The molecule has 0 aliphatic carbocycles. The zero-order chi connectivity index (χ0) is 15.9. The molecule has 126 valence electrons. The van der Waals surface area contributed by atoms with Crippen LogP contribution in [0.3, 0.4) is 0 Å². The van der Waals surface area contributed by atoms with Crippen LogP contribution < -0.4 is 5.73 Å². The van der Waals surface area contributed by atoms with E-state index in [1.807, 2.05) is 0 Å². The molecule has 6 heteroatoms. The van der Waals surface area contributed by atoms with Crippen LogP contribution in [0.25, 0.3) is 0 Å². The van der Waals surface area contributed by atoms with Crippen LogP contribution in [0.15, 0.2) is 0 Å². The first kappa shape index (κ1) is 26.8. The number of hydrogen-bond donors (Lipinski definition) is 2. The Bertz CT molecular complexity index is 275. The summed E-state index contributed by atoms with van der Waals surface area (Å²) in [6.45, 7) is 6.14. The van der Waals surface area contributed by atoms with Crippen LogP contribution in [0.2, 0.25) is 0 Å². The summed E-state index contributed by atoms with van der Waals surface area (Å²) in [5.41, 5.74) is 4.91. The molecule has 0 aromatic rings. The Morgan fingerprint density at radius 2 is 1.10 bits per heavy atom. The molecular weight excluding hydrogens is 297 g/mol. The van der Waals surface area contributed by atoms with Gasteiger partial charge in [0.05, 0.1) is 0 Å². The average Bonchev–Trinajstić information content (AvgIpc) is 2.40. The average molecular weight is 334 g/mol. The molecule has 0 bridgehead atoms. The van der Waals surface area contributed by atoms with Crippen molar-refractivity contribution < 1.29 is 13.0 Å². The summed E-state index contributed by atoms with van der Waals surface area (Å²) in [7, 11) is -3.98. The fraction of sp³-hybridized carbons (Fsp3) is 1.00. The van der Waals surface area contributed by atoms with Gasteiger partial charge >= 0.3 is 29.6 Å². The van der Waals surface area contributed by atoms with Crippen molar-refractivity contribution in [1.82, 2.24) is 0 Å². The number of hydrogen-bond acceptors (Lipinski definition) is 3. The third-order valence-electron chi connectivity index (χ3n) is 3.24. The van der Waals surface area contributed by atoms with E-state index in [-0.39, 0.29) is 36.0 Å². The molecule has 21 heavy (non-hydrogen) atoms. The van der Waals surface area contributed by atoms with Crippen molar-refractivity contribution in [3.63, 3.8) is 0 Å². The van der Waals surface area contributed by atoms with Crippen molar-refractivity contribution >= 4 is 39.7 Å². The van der Waals surface area contributed by atoms with Crippen molar-refractivity contribution in [3.05, 3.63) is 0 Å². The summed E-state index contributed by atoms with van der Waals surface area (Å²) < 4.78 is 28.1. The standard InChI is InChI=1S/C12H26.C3H9NO3S.Na.H/c1-3-5-7-9-11-12-10-8-6-4-2;1-2-3(4)8(5,6)7;;/h3-12H2,1-2H3;3H,2,4H2,1H3,(H,5,6,7);;. The first-order valence-electron chi connectivity index (χ1n) is 8.11. The second kappa shape index (κ2) is 18.9. The predicted molar refractivity (Wildman–Crippen MR) is 94.5 cm³/mol. The normalized spacial score (nSPS) is 12.0. The Labute approximate surface area is 154 Å². The van der Waals surface area contributed by atoms with Gasteiger partial charge in [0.25, 0.3) is 10.1 Å². The first-order chi connectivity index (χ1) is 9.40. The van der Waals surface area contributed by atoms with Gasteiger partial charge in [0, 0.05) is 0 Å². The van der Waals surface area contributed by atoms with Gasteiger partial charge in [-0.25, -0.2) is 0 Å². The molecule has 0 amide bonds. The second-order valence-corrected chi connectivity index (χ2v) is 6.93. The second-order valence-electron chi connectivity index (χ2n) is 5.29. The van der Waals surface area contributed by atoms with Gasteiger partial charge in [-0.15, -0.1) is 0 Å². The Morgan fingerprint density at radius 1 is 0.810 bits per heavy atom. The molecule has 0 saturated carbocycles. The van der Waals surface area contributed by atoms with E-state index >= 15 is 0 Å². The van der Waals surface area contributed by atoms with Gasteiger partial charge in [-0.05, 0) is 6.42 Å². The van der Waals surface area contributed by atoms with E-state index in [1.165, 1.54) is 64.2 Å². The molecule has 3 N–H and O–H groups in total. The maximum atomic E-state index is 9.99. The molecule has 0 saturated heterocycles. The van der Waals surface area contributed by atoms with E-state index in [4.69, 9.17) is 10.3 Å². The van der Waals surface area contributed by atoms with Crippen LogP contribution in [-0.4, -0.2) is 47.9 Å². The van der Waals surface area contributed by atoms with Gasteiger partial charge in [-0.2, -0.15) is 8.42 Å². The molecule has 4 nitrogen and oxygen atoms in total. The van der Waals surface area contributed by atoms with E-state index in [0.29, 0.717) is 0 Å². The van der Waals surface area contributed by atoms with Gasteiger partial charge in [-0.3, -0.25) is 4.55 Å². The van der Waals surface area contributed by atoms with Gasteiger partial charge in [0.2, 0.25) is 0 Å². The van der Waals surface area contributed by atoms with E-state index in [2.05, 4.69) is 13.8 Å². The zero-order valence-corrected chi connectivity index (χ0v) is 14.4. The van der Waals surface area contributed by atoms with Crippen molar-refractivity contribution in [2.24, 2.45) is 5.73 Å². The van der Waals surface area contributed by atoms with Crippen LogP contribution in [0, 0.1) is 0 Å². The fourth-order valence-corrected chi connectivity index (χ4v) is 2.19. The number of unbranched alkanes of at least 4 members (excludes halogenated alkanes) is 9. The summed E-state index contributed by atoms with van der Waals surface area (Å²) in [4.78, 5) is 0. The van der Waals surface area contributed by atoms with Crippen molar-refractivity contribution in [1.29, 1.82) is 0 Å². The monoisotopic (exact) mass is 333 g/mol. The third kappa shape index (κ3) is 23.3. The van der Waals surface area contributed by atoms with Gasteiger partial charge in [-0.1, -0.05) is 85.0 Å². The Hall–Kier alpha value is 0.870. The summed E-state index contributed by atoms with van der Waals surface area (Å²) in [6.07, 6.45) is 14.7. The number of nitrogens with two attached hydrogens (primary N) is 1. The van der Waals surface area contributed by atoms with Crippen molar-refractivity contribution in [2.75, 3.05) is 0 Å². The van der Waals surface area contributed by atoms with Crippen LogP contribution in [-0.2, 0) is 10.1 Å². The molecule has 1 atom stereocenters. The summed E-state index contributed by atoms with van der Waals surface area (Å²) in [5, 5.41) is -1.12. The molecule has 1 unspecified atom stereocenters. The van der Waals surface area contributed by atoms with Crippen LogP contribution in [0.5, 0.6) is 0 Å². The minimum absolute atomic E-state index is 0. The molecule has 0 aliphatic heterocycles. The Balaban J connectivity index is -0.000000317. The molecule has 0 aromatic carbocycles. The molecule has 0 spiro atoms. The Morgan fingerprint density at radius 3 is 1.24 bits per heavy atom. The summed E-state index contributed by atoms with van der Waals surface area (Å²) in [5.74, 6) is 0. The SMILES string of the molecule is CCC(N)S(=O)(=O)O.CCCCCCCCCCCC.[NaH]. The summed E-state index contributed by atoms with van der Waals surface area (Å²) >= 11 is 0. The molecule has 0 heterocycles. The van der Waals surface area contributed by atoms with Crippen LogP contribution in [0.1, 0.15) is 91.4 Å². The third-order valence-corrected chi connectivity index (χ3v) is 4.34. The van der Waals surface area contributed by atoms with E-state index < -0.39 is 15.5 Å². The molecular formula is C15H36NNaO3S. The van der Waals surface area contributed by atoms with Gasteiger partial charge in [0.15, 0.2) is 0 Å². The minimum atomic E-state index is -3.98. The zero-order valence-electron chi connectivity index (χ0n) is 13.6.